The van der Waals surface area contributed by atoms with E-state index in [-0.39, 0.29) is 5.41 Å². The molecule has 10 aromatic carbocycles. The molecule has 4 nitrogen and oxygen atoms in total. The molecule has 0 amide bonds. The lowest BCUT2D eigenvalue weighted by Gasteiger charge is -2.34. The van der Waals surface area contributed by atoms with Crippen molar-refractivity contribution in [2.24, 2.45) is 0 Å². The second-order valence-electron chi connectivity index (χ2n) is 17.8. The van der Waals surface area contributed by atoms with Gasteiger partial charge in [0, 0.05) is 72.3 Å². The topological polar surface area (TPSA) is 32.3 Å². The van der Waals surface area contributed by atoms with E-state index in [0.717, 1.165) is 72.1 Å². The first kappa shape index (κ1) is 37.2. The summed E-state index contributed by atoms with van der Waals surface area (Å²) in [6.07, 6.45) is 3.75. The summed E-state index contributed by atoms with van der Waals surface area (Å²) >= 11 is 0. The van der Waals surface area contributed by atoms with E-state index in [1.54, 1.807) is 0 Å². The molecule has 0 unspecified atom stereocenters. The summed E-state index contributed by atoms with van der Waals surface area (Å²) in [7, 11) is 0. The minimum absolute atomic E-state index is 0.233. The Hall–Kier alpha value is -8.34. The molecule has 0 saturated carbocycles. The molecular formula is C61H42N4. The molecule has 0 atom stereocenters. The van der Waals surface area contributed by atoms with Crippen molar-refractivity contribution in [1.82, 2.24) is 9.97 Å². The van der Waals surface area contributed by atoms with Crippen LogP contribution in [0.15, 0.2) is 219 Å². The van der Waals surface area contributed by atoms with Gasteiger partial charge in [-0.3, -0.25) is 9.97 Å². The maximum atomic E-state index is 4.75. The summed E-state index contributed by atoms with van der Waals surface area (Å²) in [4.78, 5) is 14.5. The highest BCUT2D eigenvalue weighted by Gasteiger charge is 2.37. The summed E-state index contributed by atoms with van der Waals surface area (Å²) in [5, 5.41) is 11.5. The van der Waals surface area contributed by atoms with Gasteiger partial charge < -0.3 is 9.80 Å². The van der Waals surface area contributed by atoms with Gasteiger partial charge in [-0.1, -0.05) is 147 Å². The van der Waals surface area contributed by atoms with Crippen LogP contribution in [0.3, 0.4) is 0 Å². The highest BCUT2D eigenvalue weighted by molar-refractivity contribution is 6.26. The van der Waals surface area contributed by atoms with Crippen LogP contribution >= 0.6 is 0 Å². The van der Waals surface area contributed by atoms with Crippen molar-refractivity contribution in [3.8, 4) is 11.1 Å². The first-order valence-corrected chi connectivity index (χ1v) is 22.4. The smallest absolute Gasteiger partial charge is 0.0703 e. The van der Waals surface area contributed by atoms with Crippen LogP contribution in [0.4, 0.5) is 34.1 Å². The molecule has 0 bridgehead atoms. The molecule has 0 aliphatic heterocycles. The predicted molar refractivity (Wildman–Crippen MR) is 274 cm³/mol. The lowest BCUT2D eigenvalue weighted by Crippen LogP contribution is -2.17. The monoisotopic (exact) mass is 830 g/mol. The van der Waals surface area contributed by atoms with E-state index in [2.05, 4.69) is 218 Å². The van der Waals surface area contributed by atoms with E-state index in [4.69, 9.17) is 9.97 Å². The zero-order valence-corrected chi connectivity index (χ0v) is 36.1. The fourth-order valence-corrected chi connectivity index (χ4v) is 10.8. The molecular weight excluding hydrogens is 789 g/mol. The van der Waals surface area contributed by atoms with Crippen molar-refractivity contribution >= 4 is 99.0 Å². The van der Waals surface area contributed by atoms with Gasteiger partial charge in [-0.25, -0.2) is 0 Å². The minimum Gasteiger partial charge on any atom is -0.309 e. The summed E-state index contributed by atoms with van der Waals surface area (Å²) in [5.41, 5.74) is 13.5. The van der Waals surface area contributed by atoms with E-state index in [1.807, 2.05) is 24.5 Å². The normalized spacial score (nSPS) is 12.9. The van der Waals surface area contributed by atoms with Crippen molar-refractivity contribution in [3.05, 3.63) is 230 Å². The Balaban J connectivity index is 1.23. The summed E-state index contributed by atoms with van der Waals surface area (Å²) < 4.78 is 0. The molecule has 4 heteroatoms. The molecule has 2 aromatic heterocycles. The van der Waals surface area contributed by atoms with Crippen molar-refractivity contribution in [3.63, 3.8) is 0 Å². The number of anilines is 6. The van der Waals surface area contributed by atoms with Gasteiger partial charge in [0.05, 0.1) is 33.8 Å². The summed E-state index contributed by atoms with van der Waals surface area (Å²) in [6.45, 7) is 4.77. The minimum atomic E-state index is -0.233. The average Bonchev–Trinajstić information content (AvgIpc) is 3.58. The Morgan fingerprint density at radius 3 is 1.37 bits per heavy atom. The maximum Gasteiger partial charge on any atom is 0.0703 e. The number of hydrogen-bond donors (Lipinski definition) is 0. The second kappa shape index (κ2) is 14.3. The van der Waals surface area contributed by atoms with Crippen LogP contribution < -0.4 is 9.80 Å². The lowest BCUT2D eigenvalue weighted by atomic mass is 9.81. The van der Waals surface area contributed by atoms with Crippen LogP contribution in [0, 0.1) is 0 Å². The first-order chi connectivity index (χ1) is 32.0. The van der Waals surface area contributed by atoms with E-state index in [0.29, 0.717) is 0 Å². The molecule has 0 fully saturated rings. The molecule has 0 spiro atoms. The molecule has 1 aliphatic carbocycles. The Kier molecular flexibility index (Phi) is 8.22. The van der Waals surface area contributed by atoms with Crippen LogP contribution in [0.5, 0.6) is 0 Å². The molecule has 0 radical (unpaired) electrons. The molecule has 12 aromatic rings. The second-order valence-corrected chi connectivity index (χ2v) is 17.8. The Labute approximate surface area is 377 Å². The number of aromatic nitrogens is 2. The number of nitrogens with zero attached hydrogens (tertiary/aromatic N) is 4. The summed E-state index contributed by atoms with van der Waals surface area (Å²) in [6, 6.07) is 75.8. The quantitative estimate of drug-likeness (QED) is 0.123. The van der Waals surface area contributed by atoms with Crippen molar-refractivity contribution in [1.29, 1.82) is 0 Å². The van der Waals surface area contributed by atoms with Crippen LogP contribution in [0.1, 0.15) is 25.0 Å². The van der Waals surface area contributed by atoms with Gasteiger partial charge >= 0.3 is 0 Å². The third-order valence-electron chi connectivity index (χ3n) is 13.8. The van der Waals surface area contributed by atoms with Crippen LogP contribution in [0.2, 0.25) is 0 Å². The third kappa shape index (κ3) is 5.70. The van der Waals surface area contributed by atoms with Crippen molar-refractivity contribution < 1.29 is 0 Å². The number of hydrogen-bond acceptors (Lipinski definition) is 4. The lowest BCUT2D eigenvalue weighted by molar-refractivity contribution is 0.661. The van der Waals surface area contributed by atoms with E-state index in [9.17, 15) is 0 Å². The van der Waals surface area contributed by atoms with Gasteiger partial charge in [-0.15, -0.1) is 0 Å². The highest BCUT2D eigenvalue weighted by atomic mass is 15.2. The third-order valence-corrected chi connectivity index (χ3v) is 13.8. The van der Waals surface area contributed by atoms with E-state index >= 15 is 0 Å². The Morgan fingerprint density at radius 2 is 0.800 bits per heavy atom. The zero-order chi connectivity index (χ0) is 43.2. The largest absolute Gasteiger partial charge is 0.309 e. The Morgan fingerprint density at radius 1 is 0.338 bits per heavy atom. The van der Waals surface area contributed by atoms with E-state index in [1.165, 1.54) is 49.2 Å². The van der Waals surface area contributed by atoms with Crippen LogP contribution in [-0.2, 0) is 5.41 Å². The van der Waals surface area contributed by atoms with Gasteiger partial charge in [0.1, 0.15) is 0 Å². The molecule has 306 valence electrons. The average molecular weight is 831 g/mol. The number of fused-ring (bicyclic) bond motifs is 9. The fraction of sp³-hybridized carbons (Fsp3) is 0.0492. The number of rotatable bonds is 6. The van der Waals surface area contributed by atoms with Crippen molar-refractivity contribution in [2.75, 3.05) is 9.80 Å². The maximum absolute atomic E-state index is 4.75. The van der Waals surface area contributed by atoms with Crippen LogP contribution in [0.25, 0.3) is 76.0 Å². The number of pyridine rings is 2. The SMILES string of the molecule is CC1(C)c2ccccc2-c2cc3c(N(c4ccc5ncccc5c4)c4cccc5ccccc45)c4ccccc4c(N(c4ccc5ncccc5c4)c4cccc5ccccc45)c3cc21. The fourth-order valence-electron chi connectivity index (χ4n) is 10.8. The molecule has 1 aliphatic rings. The number of benzene rings is 10. The summed E-state index contributed by atoms with van der Waals surface area (Å²) in [5.74, 6) is 0. The molecule has 2 heterocycles. The Bertz CT molecular complexity index is 3890. The first-order valence-electron chi connectivity index (χ1n) is 22.4. The standard InChI is InChI=1S/C61H42N4/c1-61(2)53-26-10-9-23-47(53)50-37-51-52(38-54(50)61)60(65(44-30-32-56-42(36-44)20-14-34-63-56)58-28-12-18-40-16-4-6-22-46(40)58)49-25-8-7-24-48(49)59(51)64(43-29-31-55-41(35-43)19-13-33-62-55)57-27-11-17-39-15-3-5-21-45(39)57/h3-38H,1-2H3. The van der Waals surface area contributed by atoms with Crippen LogP contribution in [-0.4, -0.2) is 9.97 Å². The highest BCUT2D eigenvalue weighted by Crippen LogP contribution is 2.57. The molecule has 0 saturated heterocycles. The van der Waals surface area contributed by atoms with Gasteiger partial charge in [-0.2, -0.15) is 0 Å². The molecule has 0 N–H and O–H groups in total. The van der Waals surface area contributed by atoms with Gasteiger partial charge in [0.2, 0.25) is 0 Å². The molecule has 13 rings (SSSR count). The van der Waals surface area contributed by atoms with Gasteiger partial charge in [0.15, 0.2) is 0 Å². The zero-order valence-electron chi connectivity index (χ0n) is 36.1. The van der Waals surface area contributed by atoms with E-state index < -0.39 is 0 Å². The van der Waals surface area contributed by atoms with Gasteiger partial charge in [-0.05, 0) is 106 Å². The van der Waals surface area contributed by atoms with Gasteiger partial charge in [0.25, 0.3) is 0 Å². The van der Waals surface area contributed by atoms with Crippen molar-refractivity contribution in [2.45, 2.75) is 19.3 Å². The molecule has 65 heavy (non-hydrogen) atoms. The predicted octanol–water partition coefficient (Wildman–Crippen LogP) is 16.6.